The van der Waals surface area contributed by atoms with Crippen LogP contribution in [0.4, 0.5) is 9.52 Å². The number of amides is 1. The van der Waals surface area contributed by atoms with Gasteiger partial charge in [-0.2, -0.15) is 4.31 Å². The summed E-state index contributed by atoms with van der Waals surface area (Å²) in [5.41, 5.74) is 0.614. The Hall–Kier alpha value is -2.56. The van der Waals surface area contributed by atoms with Gasteiger partial charge in [0, 0.05) is 13.1 Å². The molecule has 3 aromatic rings. The summed E-state index contributed by atoms with van der Waals surface area (Å²) >= 11 is 1.12. The third-order valence-electron chi connectivity index (χ3n) is 4.33. The van der Waals surface area contributed by atoms with Crippen LogP contribution in [0.15, 0.2) is 41.3 Å². The summed E-state index contributed by atoms with van der Waals surface area (Å²) in [5.74, 6) is -0.735. The van der Waals surface area contributed by atoms with E-state index in [-0.39, 0.29) is 21.3 Å². The molecule has 0 saturated carbocycles. The van der Waals surface area contributed by atoms with Gasteiger partial charge in [-0.05, 0) is 36.4 Å². The number of carbonyl (C=O) groups is 1. The van der Waals surface area contributed by atoms with Gasteiger partial charge in [0.25, 0.3) is 5.91 Å². The Labute approximate surface area is 172 Å². The van der Waals surface area contributed by atoms with E-state index in [0.29, 0.717) is 23.3 Å². The number of fused-ring (bicyclic) bond motifs is 1. The average molecular weight is 438 g/mol. The second kappa shape index (κ2) is 8.44. The largest absolute Gasteiger partial charge is 0.496 e. The van der Waals surface area contributed by atoms with Crippen molar-refractivity contribution < 1.29 is 22.3 Å². The molecule has 0 aliphatic rings. The molecule has 0 bridgehead atoms. The molecule has 10 heteroatoms. The molecule has 2 aromatic carbocycles. The zero-order chi connectivity index (χ0) is 21.2. The number of hydrogen-bond donors (Lipinski definition) is 1. The molecule has 1 N–H and O–H groups in total. The number of halogens is 1. The highest BCUT2D eigenvalue weighted by Gasteiger charge is 2.25. The van der Waals surface area contributed by atoms with Crippen LogP contribution in [0.1, 0.15) is 24.2 Å². The maximum absolute atomic E-state index is 13.4. The molecule has 1 heterocycles. The van der Waals surface area contributed by atoms with Crippen LogP contribution in [0.3, 0.4) is 0 Å². The Balaban J connectivity index is 1.96. The van der Waals surface area contributed by atoms with E-state index in [0.717, 1.165) is 11.3 Å². The van der Waals surface area contributed by atoms with Gasteiger partial charge in [-0.3, -0.25) is 10.1 Å². The van der Waals surface area contributed by atoms with Crippen LogP contribution in [0, 0.1) is 5.82 Å². The molecule has 0 aliphatic carbocycles. The lowest BCUT2D eigenvalue weighted by atomic mass is 10.2. The van der Waals surface area contributed by atoms with Crippen LogP contribution in [0.5, 0.6) is 5.75 Å². The number of nitrogens with zero attached hydrogens (tertiary/aromatic N) is 2. The number of nitrogens with one attached hydrogen (secondary N) is 1. The van der Waals surface area contributed by atoms with Crippen LogP contribution in [0.25, 0.3) is 10.2 Å². The fourth-order valence-corrected chi connectivity index (χ4v) is 5.22. The van der Waals surface area contributed by atoms with Crippen LogP contribution in [-0.4, -0.2) is 43.8 Å². The number of rotatable bonds is 7. The molecule has 154 valence electrons. The van der Waals surface area contributed by atoms with E-state index >= 15 is 0 Å². The Morgan fingerprint density at radius 3 is 2.59 bits per heavy atom. The first-order valence-corrected chi connectivity index (χ1v) is 11.1. The van der Waals surface area contributed by atoms with E-state index in [1.54, 1.807) is 13.8 Å². The molecule has 29 heavy (non-hydrogen) atoms. The first kappa shape index (κ1) is 21.2. The van der Waals surface area contributed by atoms with Crippen molar-refractivity contribution in [3.8, 4) is 5.75 Å². The monoisotopic (exact) mass is 437 g/mol. The minimum absolute atomic E-state index is 0.00137. The number of benzene rings is 2. The van der Waals surface area contributed by atoms with E-state index in [2.05, 4.69) is 10.3 Å². The van der Waals surface area contributed by atoms with Crippen LogP contribution < -0.4 is 10.1 Å². The van der Waals surface area contributed by atoms with Gasteiger partial charge in [0.05, 0.1) is 27.8 Å². The zero-order valence-electron chi connectivity index (χ0n) is 16.1. The van der Waals surface area contributed by atoms with E-state index in [4.69, 9.17) is 4.74 Å². The van der Waals surface area contributed by atoms with E-state index in [9.17, 15) is 17.6 Å². The molecule has 0 unspecified atom stereocenters. The summed E-state index contributed by atoms with van der Waals surface area (Å²) < 4.78 is 46.1. The minimum atomic E-state index is -3.74. The van der Waals surface area contributed by atoms with E-state index < -0.39 is 21.7 Å². The second-order valence-electron chi connectivity index (χ2n) is 6.04. The third kappa shape index (κ3) is 4.24. The summed E-state index contributed by atoms with van der Waals surface area (Å²) in [6.45, 7) is 4.12. The van der Waals surface area contributed by atoms with E-state index in [1.165, 1.54) is 47.8 Å². The molecule has 0 fully saturated rings. The Morgan fingerprint density at radius 1 is 1.21 bits per heavy atom. The quantitative estimate of drug-likeness (QED) is 0.609. The number of sulfonamides is 1. The first-order valence-electron chi connectivity index (χ1n) is 8.85. The van der Waals surface area contributed by atoms with Gasteiger partial charge < -0.3 is 4.74 Å². The fraction of sp³-hybridized carbons (Fsp3) is 0.263. The van der Waals surface area contributed by atoms with Gasteiger partial charge in [-0.1, -0.05) is 25.2 Å². The van der Waals surface area contributed by atoms with Gasteiger partial charge in [0.1, 0.15) is 11.6 Å². The second-order valence-corrected chi connectivity index (χ2v) is 9.01. The topological polar surface area (TPSA) is 88.6 Å². The van der Waals surface area contributed by atoms with E-state index in [1.807, 2.05) is 0 Å². The maximum Gasteiger partial charge on any atom is 0.261 e. The van der Waals surface area contributed by atoms with Crippen molar-refractivity contribution in [3.63, 3.8) is 0 Å². The molecule has 0 spiro atoms. The normalized spacial score (nSPS) is 11.8. The van der Waals surface area contributed by atoms with Crippen molar-refractivity contribution >= 4 is 42.6 Å². The molecular formula is C19H20FN3O4S2. The average Bonchev–Trinajstić information content (AvgIpc) is 3.09. The summed E-state index contributed by atoms with van der Waals surface area (Å²) in [6.07, 6.45) is 0. The number of hydrogen-bond acceptors (Lipinski definition) is 6. The third-order valence-corrected chi connectivity index (χ3v) is 7.31. The van der Waals surface area contributed by atoms with Crippen LogP contribution in [0.2, 0.25) is 0 Å². The van der Waals surface area contributed by atoms with Crippen molar-refractivity contribution in [2.75, 3.05) is 25.5 Å². The number of ether oxygens (including phenoxy) is 1. The highest BCUT2D eigenvalue weighted by molar-refractivity contribution is 7.89. The number of anilines is 1. The molecule has 1 aromatic heterocycles. The standard InChI is InChI=1S/C19H20FN3O4S2/c1-4-23(5-2)29(25,26)13-7-9-16(27-3)14(11-13)18(24)22-19-21-15-8-6-12(20)10-17(15)28-19/h6-11H,4-5H2,1-3H3,(H,21,22,24). The number of methoxy groups -OCH3 is 1. The first-order chi connectivity index (χ1) is 13.8. The molecule has 0 aliphatic heterocycles. The van der Waals surface area contributed by atoms with Crippen molar-refractivity contribution in [2.45, 2.75) is 18.7 Å². The van der Waals surface area contributed by atoms with Gasteiger partial charge in [0.2, 0.25) is 10.0 Å². The van der Waals surface area contributed by atoms with Crippen LogP contribution >= 0.6 is 11.3 Å². The lowest BCUT2D eigenvalue weighted by Gasteiger charge is -2.19. The summed E-state index contributed by atoms with van der Waals surface area (Å²) in [6, 6.07) is 8.28. The highest BCUT2D eigenvalue weighted by atomic mass is 32.2. The Kier molecular flexibility index (Phi) is 6.15. The van der Waals surface area contributed by atoms with Crippen molar-refractivity contribution in [1.29, 1.82) is 0 Å². The van der Waals surface area contributed by atoms with Crippen LogP contribution in [-0.2, 0) is 10.0 Å². The summed E-state index contributed by atoms with van der Waals surface area (Å²) in [7, 11) is -2.34. The Morgan fingerprint density at radius 2 is 1.93 bits per heavy atom. The molecule has 1 amide bonds. The smallest absolute Gasteiger partial charge is 0.261 e. The number of aromatic nitrogens is 1. The van der Waals surface area contributed by atoms with Crippen molar-refractivity contribution in [1.82, 2.24) is 9.29 Å². The molecular weight excluding hydrogens is 417 g/mol. The lowest BCUT2D eigenvalue weighted by molar-refractivity contribution is 0.102. The maximum atomic E-state index is 13.4. The molecule has 0 atom stereocenters. The van der Waals surface area contributed by atoms with Gasteiger partial charge in [-0.15, -0.1) is 0 Å². The molecule has 7 nitrogen and oxygen atoms in total. The summed E-state index contributed by atoms with van der Waals surface area (Å²) in [4.78, 5) is 17.1. The predicted octanol–water partition coefficient (Wildman–Crippen LogP) is 3.73. The minimum Gasteiger partial charge on any atom is -0.496 e. The summed E-state index contributed by atoms with van der Waals surface area (Å²) in [5, 5.41) is 2.91. The molecule has 0 radical (unpaired) electrons. The fourth-order valence-electron chi connectivity index (χ4n) is 2.85. The number of carbonyl (C=O) groups excluding carboxylic acids is 1. The lowest BCUT2D eigenvalue weighted by Crippen LogP contribution is -2.30. The van der Waals surface area contributed by atoms with Gasteiger partial charge in [-0.25, -0.2) is 17.8 Å². The Bertz CT molecular complexity index is 1160. The zero-order valence-corrected chi connectivity index (χ0v) is 17.7. The van der Waals surface area contributed by atoms with Gasteiger partial charge >= 0.3 is 0 Å². The molecule has 3 rings (SSSR count). The SMILES string of the molecule is CCN(CC)S(=O)(=O)c1ccc(OC)c(C(=O)Nc2nc3ccc(F)cc3s2)c1. The number of thiazole rings is 1. The highest BCUT2D eigenvalue weighted by Crippen LogP contribution is 2.29. The molecule has 0 saturated heterocycles. The van der Waals surface area contributed by atoms with Crippen molar-refractivity contribution in [3.05, 3.63) is 47.8 Å². The van der Waals surface area contributed by atoms with Gasteiger partial charge in [0.15, 0.2) is 5.13 Å². The van der Waals surface area contributed by atoms with Crippen molar-refractivity contribution in [2.24, 2.45) is 0 Å². The predicted molar refractivity (Wildman–Crippen MR) is 111 cm³/mol.